The molecule has 0 aromatic heterocycles. The molecule has 110 valence electrons. The van der Waals surface area contributed by atoms with Crippen molar-refractivity contribution < 1.29 is 18.3 Å². The third-order valence-electron chi connectivity index (χ3n) is 2.73. The van der Waals surface area contributed by atoms with Gasteiger partial charge in [-0.2, -0.15) is 0 Å². The van der Waals surface area contributed by atoms with Gasteiger partial charge in [0.05, 0.1) is 0 Å². The minimum Gasteiger partial charge on any atom is -0.481 e. The number of carbonyl (C=O) groups is 1. The first-order chi connectivity index (χ1) is 9.95. The van der Waals surface area contributed by atoms with E-state index in [9.17, 15) is 13.6 Å². The Morgan fingerprint density at radius 1 is 1.24 bits per heavy atom. The normalized spacial score (nSPS) is 10.3. The second kappa shape index (κ2) is 6.67. The second-order valence-corrected chi connectivity index (χ2v) is 5.29. The van der Waals surface area contributed by atoms with Crippen molar-refractivity contribution in [1.29, 1.82) is 0 Å². The Labute approximate surface area is 129 Å². The number of anilines is 1. The lowest BCUT2D eigenvalue weighted by atomic mass is 10.2. The zero-order chi connectivity index (χ0) is 15.4. The molecule has 0 unspecified atom stereocenters. The number of hydrogen-bond acceptors (Lipinski definition) is 2. The zero-order valence-corrected chi connectivity index (χ0v) is 12.7. The van der Waals surface area contributed by atoms with Crippen LogP contribution in [0.5, 0.6) is 5.75 Å². The maximum absolute atomic E-state index is 13.3. The monoisotopic (exact) mass is 355 g/mol. The van der Waals surface area contributed by atoms with Crippen molar-refractivity contribution in [3.63, 3.8) is 0 Å². The van der Waals surface area contributed by atoms with E-state index in [2.05, 4.69) is 21.2 Å². The van der Waals surface area contributed by atoms with Crippen molar-refractivity contribution >= 4 is 27.5 Å². The molecule has 0 radical (unpaired) electrons. The van der Waals surface area contributed by atoms with Crippen LogP contribution < -0.4 is 10.1 Å². The van der Waals surface area contributed by atoms with E-state index in [4.69, 9.17) is 4.74 Å². The van der Waals surface area contributed by atoms with Crippen LogP contribution in [0, 0.1) is 18.6 Å². The number of ether oxygens (including phenoxy) is 1. The SMILES string of the molecule is Cc1ccc(Br)cc1NC(=O)COc1ccc(F)cc1F. The first-order valence-electron chi connectivity index (χ1n) is 6.09. The third kappa shape index (κ3) is 4.26. The summed E-state index contributed by atoms with van der Waals surface area (Å²) >= 11 is 3.31. The van der Waals surface area contributed by atoms with E-state index in [-0.39, 0.29) is 12.4 Å². The first kappa shape index (κ1) is 15.4. The number of benzene rings is 2. The van der Waals surface area contributed by atoms with Crippen molar-refractivity contribution in [1.82, 2.24) is 0 Å². The molecular weight excluding hydrogens is 344 g/mol. The van der Waals surface area contributed by atoms with Crippen LogP contribution in [0.1, 0.15) is 5.56 Å². The van der Waals surface area contributed by atoms with E-state index in [1.807, 2.05) is 19.1 Å². The molecule has 1 N–H and O–H groups in total. The molecule has 2 rings (SSSR count). The molecule has 0 bridgehead atoms. The number of carbonyl (C=O) groups excluding carboxylic acids is 1. The molecule has 0 aliphatic heterocycles. The molecule has 0 heterocycles. The molecule has 21 heavy (non-hydrogen) atoms. The van der Waals surface area contributed by atoms with Gasteiger partial charge in [-0.05, 0) is 36.8 Å². The van der Waals surface area contributed by atoms with Crippen LogP contribution in [0.25, 0.3) is 0 Å². The summed E-state index contributed by atoms with van der Waals surface area (Å²) in [6, 6.07) is 8.37. The quantitative estimate of drug-likeness (QED) is 0.898. The van der Waals surface area contributed by atoms with Gasteiger partial charge in [0.2, 0.25) is 0 Å². The third-order valence-corrected chi connectivity index (χ3v) is 3.22. The highest BCUT2D eigenvalue weighted by molar-refractivity contribution is 9.10. The van der Waals surface area contributed by atoms with Gasteiger partial charge in [-0.15, -0.1) is 0 Å². The summed E-state index contributed by atoms with van der Waals surface area (Å²) < 4.78 is 31.9. The molecule has 0 atom stereocenters. The molecule has 3 nitrogen and oxygen atoms in total. The van der Waals surface area contributed by atoms with Gasteiger partial charge in [0, 0.05) is 16.2 Å². The lowest BCUT2D eigenvalue weighted by Gasteiger charge is -2.10. The van der Waals surface area contributed by atoms with E-state index >= 15 is 0 Å². The highest BCUT2D eigenvalue weighted by Gasteiger charge is 2.09. The summed E-state index contributed by atoms with van der Waals surface area (Å²) in [4.78, 5) is 11.8. The van der Waals surface area contributed by atoms with E-state index in [0.717, 1.165) is 22.2 Å². The minimum atomic E-state index is -0.846. The summed E-state index contributed by atoms with van der Waals surface area (Å²) in [6.45, 7) is 1.48. The molecule has 0 spiro atoms. The van der Waals surface area contributed by atoms with Crippen molar-refractivity contribution in [3.05, 3.63) is 58.1 Å². The zero-order valence-electron chi connectivity index (χ0n) is 11.1. The predicted octanol–water partition coefficient (Wildman–Crippen LogP) is 4.05. The molecule has 2 aromatic carbocycles. The molecule has 2 aromatic rings. The minimum absolute atomic E-state index is 0.169. The topological polar surface area (TPSA) is 38.3 Å². The van der Waals surface area contributed by atoms with Gasteiger partial charge in [-0.1, -0.05) is 22.0 Å². The first-order valence-corrected chi connectivity index (χ1v) is 6.89. The van der Waals surface area contributed by atoms with Crippen molar-refractivity contribution in [3.8, 4) is 5.75 Å². The Kier molecular flexibility index (Phi) is 4.90. The van der Waals surface area contributed by atoms with E-state index in [1.165, 1.54) is 0 Å². The van der Waals surface area contributed by atoms with Crippen LogP contribution in [0.3, 0.4) is 0 Å². The summed E-state index contributed by atoms with van der Waals surface area (Å²) in [5, 5.41) is 2.66. The number of hydrogen-bond donors (Lipinski definition) is 1. The average Bonchev–Trinajstić information content (AvgIpc) is 2.42. The highest BCUT2D eigenvalue weighted by atomic mass is 79.9. The maximum Gasteiger partial charge on any atom is 0.262 e. The lowest BCUT2D eigenvalue weighted by molar-refractivity contribution is -0.118. The largest absolute Gasteiger partial charge is 0.481 e. The second-order valence-electron chi connectivity index (χ2n) is 4.37. The Morgan fingerprint density at radius 3 is 2.71 bits per heavy atom. The van der Waals surface area contributed by atoms with Crippen LogP contribution in [0.4, 0.5) is 14.5 Å². The van der Waals surface area contributed by atoms with Crippen molar-refractivity contribution in [2.24, 2.45) is 0 Å². The van der Waals surface area contributed by atoms with Gasteiger partial charge in [0.15, 0.2) is 18.2 Å². The Bertz CT molecular complexity index is 677. The smallest absolute Gasteiger partial charge is 0.262 e. The van der Waals surface area contributed by atoms with E-state index < -0.39 is 17.5 Å². The van der Waals surface area contributed by atoms with Crippen LogP contribution in [0.15, 0.2) is 40.9 Å². The van der Waals surface area contributed by atoms with Gasteiger partial charge in [-0.25, -0.2) is 8.78 Å². The molecular formula is C15H12BrF2NO2. The van der Waals surface area contributed by atoms with Crippen LogP contribution in [-0.4, -0.2) is 12.5 Å². The molecule has 0 aliphatic carbocycles. The predicted molar refractivity (Wildman–Crippen MR) is 79.4 cm³/mol. The van der Waals surface area contributed by atoms with Gasteiger partial charge >= 0.3 is 0 Å². The van der Waals surface area contributed by atoms with Gasteiger partial charge < -0.3 is 10.1 Å². The Hall–Kier alpha value is -1.95. The molecule has 0 fully saturated rings. The van der Waals surface area contributed by atoms with E-state index in [0.29, 0.717) is 11.8 Å². The summed E-state index contributed by atoms with van der Waals surface area (Å²) in [6.07, 6.45) is 0. The molecule has 0 saturated carbocycles. The Morgan fingerprint density at radius 2 is 2.00 bits per heavy atom. The van der Waals surface area contributed by atoms with Gasteiger partial charge in [0.25, 0.3) is 5.91 Å². The summed E-state index contributed by atoms with van der Waals surface area (Å²) in [5.74, 6) is -2.15. The van der Waals surface area contributed by atoms with Crippen LogP contribution in [0.2, 0.25) is 0 Å². The fraction of sp³-hybridized carbons (Fsp3) is 0.133. The molecule has 0 saturated heterocycles. The highest BCUT2D eigenvalue weighted by Crippen LogP contribution is 2.21. The molecule has 0 aliphatic rings. The summed E-state index contributed by atoms with van der Waals surface area (Å²) in [7, 11) is 0. The standard InChI is InChI=1S/C15H12BrF2NO2/c1-9-2-3-10(16)6-13(9)19-15(20)8-21-14-5-4-11(17)7-12(14)18/h2-7H,8H2,1H3,(H,19,20). The fourth-order valence-corrected chi connectivity index (χ4v) is 2.01. The number of aryl methyl sites for hydroxylation is 1. The van der Waals surface area contributed by atoms with Crippen molar-refractivity contribution in [2.45, 2.75) is 6.92 Å². The number of rotatable bonds is 4. The molecule has 6 heteroatoms. The van der Waals surface area contributed by atoms with Crippen molar-refractivity contribution in [2.75, 3.05) is 11.9 Å². The van der Waals surface area contributed by atoms with Gasteiger partial charge in [-0.3, -0.25) is 4.79 Å². The van der Waals surface area contributed by atoms with E-state index in [1.54, 1.807) is 6.07 Å². The average molecular weight is 356 g/mol. The molecule has 1 amide bonds. The number of halogens is 3. The maximum atomic E-state index is 13.3. The van der Waals surface area contributed by atoms with Gasteiger partial charge in [0.1, 0.15) is 5.82 Å². The summed E-state index contributed by atoms with van der Waals surface area (Å²) in [5.41, 5.74) is 1.53. The van der Waals surface area contributed by atoms with Crippen LogP contribution >= 0.6 is 15.9 Å². The van der Waals surface area contributed by atoms with Crippen LogP contribution in [-0.2, 0) is 4.79 Å². The fourth-order valence-electron chi connectivity index (χ4n) is 1.65. The lowest BCUT2D eigenvalue weighted by Crippen LogP contribution is -2.21. The number of nitrogens with one attached hydrogen (secondary N) is 1. The number of amides is 1. The Balaban J connectivity index is 1.97.